The van der Waals surface area contributed by atoms with Crippen LogP contribution in [-0.2, 0) is 10.0 Å². The lowest BCUT2D eigenvalue weighted by molar-refractivity contribution is 0.423. The van der Waals surface area contributed by atoms with Crippen LogP contribution in [0, 0.1) is 5.92 Å². The van der Waals surface area contributed by atoms with Gasteiger partial charge >= 0.3 is 0 Å². The average Bonchev–Trinajstić information content (AvgIpc) is 2.64. The van der Waals surface area contributed by atoms with E-state index >= 15 is 0 Å². The van der Waals surface area contributed by atoms with Gasteiger partial charge < -0.3 is 4.52 Å². The molecule has 5 nitrogen and oxygen atoms in total. The highest BCUT2D eigenvalue weighted by molar-refractivity contribution is 7.92. The van der Waals surface area contributed by atoms with Crippen molar-refractivity contribution >= 4 is 27.5 Å². The fraction of sp³-hybridized carbons (Fsp3) is 0.700. The van der Waals surface area contributed by atoms with E-state index in [4.69, 9.17) is 16.1 Å². The van der Waals surface area contributed by atoms with Crippen LogP contribution in [0.15, 0.2) is 10.6 Å². The molecule has 0 bridgehead atoms. The van der Waals surface area contributed by atoms with Gasteiger partial charge in [-0.15, -0.1) is 11.6 Å². The number of hydrogen-bond acceptors (Lipinski definition) is 4. The minimum atomic E-state index is -3.43. The molecule has 0 amide bonds. The van der Waals surface area contributed by atoms with Crippen LogP contribution in [0.2, 0.25) is 0 Å². The van der Waals surface area contributed by atoms with Gasteiger partial charge in [-0.2, -0.15) is 0 Å². The molecule has 1 atom stereocenters. The summed E-state index contributed by atoms with van der Waals surface area (Å²) in [6.45, 7) is 5.67. The molecule has 0 aromatic carbocycles. The van der Waals surface area contributed by atoms with E-state index < -0.39 is 10.0 Å². The first kappa shape index (κ1) is 14.3. The van der Waals surface area contributed by atoms with Crippen LogP contribution in [-0.4, -0.2) is 25.2 Å². The van der Waals surface area contributed by atoms with Gasteiger partial charge in [-0.05, 0) is 11.8 Å². The van der Waals surface area contributed by atoms with Crippen molar-refractivity contribution in [2.24, 2.45) is 5.92 Å². The minimum Gasteiger partial charge on any atom is -0.338 e. The van der Waals surface area contributed by atoms with Gasteiger partial charge in [0.15, 0.2) is 0 Å². The number of halogens is 1. The maximum absolute atomic E-state index is 11.7. The lowest BCUT2D eigenvalue weighted by atomic mass is 10.1. The first-order valence-electron chi connectivity index (χ1n) is 5.37. The number of hydrogen-bond donors (Lipinski definition) is 1. The second kappa shape index (κ2) is 5.73. The van der Waals surface area contributed by atoms with Crippen molar-refractivity contribution in [1.82, 2.24) is 5.16 Å². The predicted octanol–water partition coefficient (Wildman–Crippen LogP) is 2.41. The van der Waals surface area contributed by atoms with Gasteiger partial charge in [0.1, 0.15) is 0 Å². The summed E-state index contributed by atoms with van der Waals surface area (Å²) in [7, 11) is -3.43. The van der Waals surface area contributed by atoms with Crippen molar-refractivity contribution in [3.8, 4) is 0 Å². The third-order valence-electron chi connectivity index (χ3n) is 2.14. The monoisotopic (exact) mass is 280 g/mol. The normalized spacial score (nSPS) is 13.9. The second-order valence-electron chi connectivity index (χ2n) is 4.41. The second-order valence-corrected chi connectivity index (χ2v) is 6.49. The van der Waals surface area contributed by atoms with Gasteiger partial charge in [0, 0.05) is 11.9 Å². The van der Waals surface area contributed by atoms with Crippen LogP contribution >= 0.6 is 11.6 Å². The predicted molar refractivity (Wildman–Crippen MR) is 67.9 cm³/mol. The molecule has 0 aliphatic rings. The molecule has 1 N–H and O–H groups in total. The summed E-state index contributed by atoms with van der Waals surface area (Å²) in [6, 6.07) is 1.59. The van der Waals surface area contributed by atoms with Crippen molar-refractivity contribution in [2.75, 3.05) is 16.4 Å². The zero-order valence-electron chi connectivity index (χ0n) is 10.1. The first-order valence-corrected chi connectivity index (χ1v) is 7.56. The van der Waals surface area contributed by atoms with Gasteiger partial charge in [-0.25, -0.2) is 8.42 Å². The van der Waals surface area contributed by atoms with Crippen molar-refractivity contribution in [2.45, 2.75) is 26.7 Å². The average molecular weight is 281 g/mol. The summed E-state index contributed by atoms with van der Waals surface area (Å²) < 4.78 is 30.6. The van der Waals surface area contributed by atoms with Crippen molar-refractivity contribution < 1.29 is 12.9 Å². The Labute approximate surface area is 107 Å². The number of rotatable bonds is 6. The summed E-state index contributed by atoms with van der Waals surface area (Å²) in [5.74, 6) is 0.499. The SMILES string of the molecule is CC(CCl)CS(=O)(=O)Nc1cc(C(C)C)no1. The van der Waals surface area contributed by atoms with Gasteiger partial charge in [0.2, 0.25) is 15.9 Å². The third kappa shape index (κ3) is 4.55. The minimum absolute atomic E-state index is 0.0335. The van der Waals surface area contributed by atoms with Gasteiger partial charge in [-0.1, -0.05) is 25.9 Å². The molecule has 1 heterocycles. The number of aromatic nitrogens is 1. The van der Waals surface area contributed by atoms with E-state index in [9.17, 15) is 8.42 Å². The largest absolute Gasteiger partial charge is 0.338 e. The molecule has 1 unspecified atom stereocenters. The van der Waals surface area contributed by atoms with E-state index in [0.717, 1.165) is 0 Å². The van der Waals surface area contributed by atoms with Gasteiger partial charge in [-0.3, -0.25) is 4.72 Å². The quantitative estimate of drug-likeness (QED) is 0.812. The van der Waals surface area contributed by atoms with E-state index in [-0.39, 0.29) is 23.5 Å². The molecule has 1 aromatic heterocycles. The molecule has 0 radical (unpaired) electrons. The molecule has 0 fully saturated rings. The molecule has 0 aliphatic carbocycles. The van der Waals surface area contributed by atoms with Crippen LogP contribution in [0.25, 0.3) is 0 Å². The van der Waals surface area contributed by atoms with E-state index in [1.807, 2.05) is 13.8 Å². The zero-order chi connectivity index (χ0) is 13.1. The summed E-state index contributed by atoms with van der Waals surface area (Å²) >= 11 is 5.58. The van der Waals surface area contributed by atoms with E-state index in [1.165, 1.54) is 0 Å². The van der Waals surface area contributed by atoms with Crippen LogP contribution in [0.3, 0.4) is 0 Å². The number of sulfonamides is 1. The molecule has 0 saturated carbocycles. The molecule has 17 heavy (non-hydrogen) atoms. The topological polar surface area (TPSA) is 72.2 Å². The van der Waals surface area contributed by atoms with E-state index in [2.05, 4.69) is 9.88 Å². The van der Waals surface area contributed by atoms with E-state index in [0.29, 0.717) is 11.6 Å². The lowest BCUT2D eigenvalue weighted by Gasteiger charge is -2.08. The summed E-state index contributed by atoms with van der Waals surface area (Å²) in [4.78, 5) is 0. The lowest BCUT2D eigenvalue weighted by Crippen LogP contribution is -2.21. The van der Waals surface area contributed by atoms with Crippen molar-refractivity contribution in [3.63, 3.8) is 0 Å². The van der Waals surface area contributed by atoms with Gasteiger partial charge in [0.25, 0.3) is 0 Å². The van der Waals surface area contributed by atoms with Crippen molar-refractivity contribution in [1.29, 1.82) is 0 Å². The van der Waals surface area contributed by atoms with Crippen LogP contribution in [0.4, 0.5) is 5.88 Å². The number of nitrogens with zero attached hydrogens (tertiary/aromatic N) is 1. The Morgan fingerprint density at radius 1 is 1.47 bits per heavy atom. The maximum atomic E-state index is 11.7. The highest BCUT2D eigenvalue weighted by Crippen LogP contribution is 2.18. The number of alkyl halides is 1. The third-order valence-corrected chi connectivity index (χ3v) is 4.19. The summed E-state index contributed by atoms with van der Waals surface area (Å²) in [5.41, 5.74) is 0.716. The van der Waals surface area contributed by atoms with Crippen LogP contribution in [0.5, 0.6) is 0 Å². The fourth-order valence-corrected chi connectivity index (χ4v) is 2.81. The molecule has 7 heteroatoms. The number of nitrogens with one attached hydrogen (secondary N) is 1. The first-order chi connectivity index (χ1) is 7.84. The molecular formula is C10H17ClN2O3S. The Morgan fingerprint density at radius 2 is 2.12 bits per heavy atom. The fourth-order valence-electron chi connectivity index (χ4n) is 1.22. The molecule has 0 aliphatic heterocycles. The Balaban J connectivity index is 2.69. The number of anilines is 1. The standard InChI is InChI=1S/C10H17ClN2O3S/c1-7(2)9-4-10(16-12-9)13-17(14,15)6-8(3)5-11/h4,7-8,13H,5-6H2,1-3H3. The molecule has 0 saturated heterocycles. The summed E-state index contributed by atoms with van der Waals surface area (Å²) in [5, 5.41) is 3.77. The van der Waals surface area contributed by atoms with Crippen LogP contribution in [0.1, 0.15) is 32.4 Å². The van der Waals surface area contributed by atoms with Gasteiger partial charge in [0.05, 0.1) is 11.4 Å². The Morgan fingerprint density at radius 3 is 2.59 bits per heavy atom. The zero-order valence-corrected chi connectivity index (χ0v) is 11.7. The Bertz CT molecular complexity index is 456. The molecule has 0 spiro atoms. The molecule has 1 aromatic rings. The molecular weight excluding hydrogens is 264 g/mol. The highest BCUT2D eigenvalue weighted by atomic mass is 35.5. The maximum Gasteiger partial charge on any atom is 0.238 e. The smallest absolute Gasteiger partial charge is 0.238 e. The summed E-state index contributed by atoms with van der Waals surface area (Å²) in [6.07, 6.45) is 0. The van der Waals surface area contributed by atoms with E-state index in [1.54, 1.807) is 13.0 Å². The van der Waals surface area contributed by atoms with Crippen LogP contribution < -0.4 is 4.72 Å². The molecule has 1 rings (SSSR count). The van der Waals surface area contributed by atoms with Crippen molar-refractivity contribution in [3.05, 3.63) is 11.8 Å². The highest BCUT2D eigenvalue weighted by Gasteiger charge is 2.18. The Kier molecular flexibility index (Phi) is 4.82. The Hall–Kier alpha value is -0.750. The molecule has 98 valence electrons.